The van der Waals surface area contributed by atoms with Crippen LogP contribution in [0.25, 0.3) is 11.2 Å². The van der Waals surface area contributed by atoms with Crippen LogP contribution in [0.3, 0.4) is 0 Å². The molecule has 1 fully saturated rings. The monoisotopic (exact) mass is 683 g/mol. The number of hydrogen-bond acceptors (Lipinski definition) is 11. The van der Waals surface area contributed by atoms with Crippen molar-refractivity contribution >= 4 is 40.8 Å². The summed E-state index contributed by atoms with van der Waals surface area (Å²) in [7, 11) is 0. The van der Waals surface area contributed by atoms with E-state index in [0.717, 1.165) is 0 Å². The molecule has 2 aromatic heterocycles. The highest BCUT2D eigenvalue weighted by atomic mass is 16.7. The van der Waals surface area contributed by atoms with E-state index >= 15 is 0 Å². The lowest BCUT2D eigenvalue weighted by Crippen LogP contribution is -2.41. The van der Waals surface area contributed by atoms with Gasteiger partial charge in [0.1, 0.15) is 30.9 Å². The number of carbonyl (C=O) groups is 4. The fourth-order valence-electron chi connectivity index (χ4n) is 5.61. The summed E-state index contributed by atoms with van der Waals surface area (Å²) in [6, 6.07) is 33.4. The fourth-order valence-corrected chi connectivity index (χ4v) is 5.61. The Hall–Kier alpha value is -6.73. The maximum atomic E-state index is 13.6. The number of carbonyl (C=O) groups excluding carboxylic acids is 4. The zero-order chi connectivity index (χ0) is 35.2. The highest BCUT2D eigenvalue weighted by Crippen LogP contribution is 2.38. The number of hydrogen-bond donors (Lipinski definition) is 1. The third kappa shape index (κ3) is 7.19. The number of imidazole rings is 1. The van der Waals surface area contributed by atoms with E-state index in [2.05, 4.69) is 20.3 Å². The van der Waals surface area contributed by atoms with Crippen LogP contribution in [0.2, 0.25) is 0 Å². The van der Waals surface area contributed by atoms with E-state index < -0.39 is 48.4 Å². The standard InChI is InChI=1S/C38H29N5O8/c44-34(24-13-5-1-6-14-24)42-33-29-32(39-22-40-33)41-23-43(29)35-31(51-38(47)27-19-11-4-12-20-27)30(50-37(46)26-17-9-3-10-18-26)28(49-35)21-48-36(45)25-15-7-2-8-16-25/h1-20,22-23,28,30-31,35H,21H2,(H,39,40,42,44)/t28-,30-,31-,35-/m1/s1. The average Bonchev–Trinajstić information content (AvgIpc) is 3.76. The highest BCUT2D eigenvalue weighted by Gasteiger charge is 2.52. The molecule has 0 radical (unpaired) electrons. The molecule has 0 spiro atoms. The minimum absolute atomic E-state index is 0.0971. The average molecular weight is 684 g/mol. The minimum Gasteiger partial charge on any atom is -0.459 e. The molecule has 0 bridgehead atoms. The topological polar surface area (TPSA) is 161 Å². The van der Waals surface area contributed by atoms with Crippen molar-refractivity contribution in [3.8, 4) is 0 Å². The molecule has 254 valence electrons. The summed E-state index contributed by atoms with van der Waals surface area (Å²) in [6.45, 7) is -0.378. The summed E-state index contributed by atoms with van der Waals surface area (Å²) in [6.07, 6.45) is -2.33. The Bertz CT molecular complexity index is 2160. The first-order valence-corrected chi connectivity index (χ1v) is 15.9. The maximum Gasteiger partial charge on any atom is 0.338 e. The van der Waals surface area contributed by atoms with Gasteiger partial charge in [0.05, 0.1) is 16.7 Å². The Labute approximate surface area is 290 Å². The molecule has 0 unspecified atom stereocenters. The third-order valence-electron chi connectivity index (χ3n) is 8.09. The SMILES string of the molecule is O=C(Nc1ncnc2ncn([C@@H]3O[C@H](COC(=O)c4ccccc4)[C@@H](OC(=O)c4ccccc4)[C@H]3OC(=O)c3ccccc3)c12)c1ccccc1. The van der Waals surface area contributed by atoms with E-state index in [1.807, 2.05) is 0 Å². The van der Waals surface area contributed by atoms with Gasteiger partial charge in [-0.15, -0.1) is 0 Å². The number of benzene rings is 4. The molecule has 0 aliphatic carbocycles. The van der Waals surface area contributed by atoms with Crippen LogP contribution in [0.15, 0.2) is 134 Å². The predicted molar refractivity (Wildman–Crippen MR) is 182 cm³/mol. The zero-order valence-electron chi connectivity index (χ0n) is 26.8. The van der Waals surface area contributed by atoms with E-state index in [0.29, 0.717) is 11.1 Å². The van der Waals surface area contributed by atoms with Gasteiger partial charge in [-0.25, -0.2) is 29.3 Å². The van der Waals surface area contributed by atoms with E-state index in [-0.39, 0.29) is 34.7 Å². The second kappa shape index (κ2) is 14.8. The minimum atomic E-state index is -1.32. The van der Waals surface area contributed by atoms with Gasteiger partial charge in [-0.1, -0.05) is 72.8 Å². The van der Waals surface area contributed by atoms with Crippen molar-refractivity contribution < 1.29 is 38.1 Å². The van der Waals surface area contributed by atoms with Crippen molar-refractivity contribution in [2.75, 3.05) is 11.9 Å². The van der Waals surface area contributed by atoms with Gasteiger partial charge in [0, 0.05) is 5.56 Å². The first-order valence-electron chi connectivity index (χ1n) is 15.9. The third-order valence-corrected chi connectivity index (χ3v) is 8.09. The van der Waals surface area contributed by atoms with Crippen molar-refractivity contribution in [2.24, 2.45) is 0 Å². The summed E-state index contributed by atoms with van der Waals surface area (Å²) in [5.74, 6) is -2.43. The Morgan fingerprint density at radius 2 is 1.14 bits per heavy atom. The molecular weight excluding hydrogens is 654 g/mol. The second-order valence-corrected chi connectivity index (χ2v) is 11.4. The van der Waals surface area contributed by atoms with Crippen molar-refractivity contribution in [1.82, 2.24) is 19.5 Å². The number of rotatable bonds is 10. The van der Waals surface area contributed by atoms with E-state index in [9.17, 15) is 19.2 Å². The van der Waals surface area contributed by atoms with Crippen molar-refractivity contribution in [1.29, 1.82) is 0 Å². The number of nitrogens with zero attached hydrogens (tertiary/aromatic N) is 4. The molecule has 4 aromatic carbocycles. The van der Waals surface area contributed by atoms with Crippen LogP contribution in [0.5, 0.6) is 0 Å². The fraction of sp³-hybridized carbons (Fsp3) is 0.132. The number of ether oxygens (including phenoxy) is 4. The normalized spacial score (nSPS) is 18.1. The molecule has 6 aromatic rings. The highest BCUT2D eigenvalue weighted by molar-refractivity contribution is 6.06. The quantitative estimate of drug-likeness (QED) is 0.148. The molecule has 1 aliphatic heterocycles. The summed E-state index contributed by atoms with van der Waals surface area (Å²) < 4.78 is 25.7. The number of esters is 3. The molecule has 4 atom stereocenters. The molecule has 51 heavy (non-hydrogen) atoms. The van der Waals surface area contributed by atoms with E-state index in [1.165, 1.54) is 17.2 Å². The number of anilines is 1. The van der Waals surface area contributed by atoms with Gasteiger partial charge >= 0.3 is 17.9 Å². The largest absolute Gasteiger partial charge is 0.459 e. The zero-order valence-corrected chi connectivity index (χ0v) is 26.8. The smallest absolute Gasteiger partial charge is 0.338 e. The lowest BCUT2D eigenvalue weighted by atomic mass is 10.1. The molecule has 1 aliphatic rings. The predicted octanol–water partition coefficient (Wildman–Crippen LogP) is 5.28. The Kier molecular flexibility index (Phi) is 9.52. The molecule has 1 saturated heterocycles. The summed E-state index contributed by atoms with van der Waals surface area (Å²) in [5.41, 5.74) is 1.59. The lowest BCUT2D eigenvalue weighted by molar-refractivity contribution is -0.0604. The van der Waals surface area contributed by atoms with E-state index in [4.69, 9.17) is 18.9 Å². The van der Waals surface area contributed by atoms with Gasteiger partial charge in [-0.3, -0.25) is 9.36 Å². The summed E-state index contributed by atoms with van der Waals surface area (Å²) in [5, 5.41) is 2.80. The Morgan fingerprint density at radius 1 is 0.627 bits per heavy atom. The van der Waals surface area contributed by atoms with Crippen molar-refractivity contribution in [3.63, 3.8) is 0 Å². The Balaban J connectivity index is 1.28. The number of nitrogens with one attached hydrogen (secondary N) is 1. The molecule has 7 rings (SSSR count). The summed E-state index contributed by atoms with van der Waals surface area (Å²) in [4.78, 5) is 66.3. The van der Waals surface area contributed by atoms with Gasteiger partial charge in [0.2, 0.25) is 0 Å². The van der Waals surface area contributed by atoms with Crippen LogP contribution in [-0.2, 0) is 18.9 Å². The van der Waals surface area contributed by atoms with Crippen LogP contribution in [0, 0.1) is 0 Å². The molecule has 1 N–H and O–H groups in total. The van der Waals surface area contributed by atoms with Crippen molar-refractivity contribution in [2.45, 2.75) is 24.5 Å². The molecular formula is C38H29N5O8. The van der Waals surface area contributed by atoms with Gasteiger partial charge in [0.25, 0.3) is 5.91 Å². The van der Waals surface area contributed by atoms with Crippen LogP contribution in [-0.4, -0.2) is 68.3 Å². The van der Waals surface area contributed by atoms with Crippen molar-refractivity contribution in [3.05, 3.63) is 156 Å². The second-order valence-electron chi connectivity index (χ2n) is 11.4. The molecule has 13 heteroatoms. The molecule has 13 nitrogen and oxygen atoms in total. The van der Waals surface area contributed by atoms with Crippen LogP contribution in [0.4, 0.5) is 5.82 Å². The molecule has 1 amide bonds. The Morgan fingerprint density at radius 3 is 1.71 bits per heavy atom. The number of amides is 1. The van der Waals surface area contributed by atoms with Crippen LogP contribution >= 0.6 is 0 Å². The van der Waals surface area contributed by atoms with Gasteiger partial charge < -0.3 is 24.3 Å². The first kappa shape index (κ1) is 32.8. The van der Waals surface area contributed by atoms with Gasteiger partial charge in [-0.05, 0) is 48.5 Å². The van der Waals surface area contributed by atoms with Gasteiger partial charge in [0.15, 0.2) is 29.9 Å². The van der Waals surface area contributed by atoms with Gasteiger partial charge in [-0.2, -0.15) is 0 Å². The maximum absolute atomic E-state index is 13.6. The van der Waals surface area contributed by atoms with Crippen LogP contribution in [0.1, 0.15) is 47.7 Å². The lowest BCUT2D eigenvalue weighted by Gasteiger charge is -2.25. The first-order chi connectivity index (χ1) is 25.0. The van der Waals surface area contributed by atoms with Crippen LogP contribution < -0.4 is 5.32 Å². The molecule has 3 heterocycles. The van der Waals surface area contributed by atoms with E-state index in [1.54, 1.807) is 121 Å². The number of aromatic nitrogens is 4. The number of fused-ring (bicyclic) bond motifs is 1. The molecule has 0 saturated carbocycles. The summed E-state index contributed by atoms with van der Waals surface area (Å²) >= 11 is 0.